The zero-order valence-electron chi connectivity index (χ0n) is 27.0. The number of alkyl halides is 2. The lowest BCUT2D eigenvalue weighted by atomic mass is 9.44. The van der Waals surface area contributed by atoms with Gasteiger partial charge in [-0.1, -0.05) is 43.3 Å². The van der Waals surface area contributed by atoms with Crippen molar-refractivity contribution in [2.75, 3.05) is 26.1 Å². The predicted molar refractivity (Wildman–Crippen MR) is 169 cm³/mol. The van der Waals surface area contributed by atoms with Crippen LogP contribution in [0, 0.1) is 22.7 Å². The fraction of sp³-hybridized carbons (Fsp3) is 0.514. The summed E-state index contributed by atoms with van der Waals surface area (Å²) in [4.78, 5) is 25.9. The van der Waals surface area contributed by atoms with Gasteiger partial charge in [-0.25, -0.2) is 8.78 Å². The molecule has 47 heavy (non-hydrogen) atoms. The predicted octanol–water partition coefficient (Wildman–Crippen LogP) is 4.97. The SMILES string of the molecule is CNc1ccc(Cc2ccc([C@H]3O[C@@H]4C[C@H]5[C@@H]6C[C@H](F)C7=CC(=O)C=C[C@]7(C)[C@@]6(F)[C@@H](O)C[C@]5(C)[C@]4(C(=O)CO)O3)cc2)cc1OC. The first kappa shape index (κ1) is 32.1. The van der Waals surface area contributed by atoms with Gasteiger partial charge < -0.3 is 29.7 Å². The summed E-state index contributed by atoms with van der Waals surface area (Å²) in [5, 5.41) is 25.0. The monoisotopic (exact) mass is 649 g/mol. The molecule has 0 radical (unpaired) electrons. The van der Waals surface area contributed by atoms with Gasteiger partial charge in [0.15, 0.2) is 29.1 Å². The van der Waals surface area contributed by atoms with E-state index in [1.807, 2.05) is 49.5 Å². The quantitative estimate of drug-likeness (QED) is 0.386. The normalized spacial score (nSPS) is 40.2. The highest BCUT2D eigenvalue weighted by atomic mass is 19.1. The average Bonchev–Trinajstić information content (AvgIpc) is 3.56. The summed E-state index contributed by atoms with van der Waals surface area (Å²) in [6.07, 6.45) is -0.779. The van der Waals surface area contributed by atoms with E-state index >= 15 is 8.78 Å². The molecule has 0 aromatic heterocycles. The number of rotatable bonds is 7. The Hall–Kier alpha value is -3.44. The number of ether oxygens (including phenoxy) is 3. The summed E-state index contributed by atoms with van der Waals surface area (Å²) in [7, 11) is 3.46. The van der Waals surface area contributed by atoms with Crippen molar-refractivity contribution in [1.29, 1.82) is 0 Å². The molecule has 0 spiro atoms. The number of fused-ring (bicyclic) bond motifs is 7. The molecule has 0 unspecified atom stereocenters. The number of methoxy groups -OCH3 is 1. The first-order chi connectivity index (χ1) is 22.4. The lowest BCUT2D eigenvalue weighted by Gasteiger charge is -2.63. The van der Waals surface area contributed by atoms with Gasteiger partial charge in [-0.3, -0.25) is 9.59 Å². The molecule has 8 nitrogen and oxygen atoms in total. The van der Waals surface area contributed by atoms with Crippen molar-refractivity contribution >= 4 is 17.3 Å². The van der Waals surface area contributed by atoms with Gasteiger partial charge in [0.2, 0.25) is 0 Å². The number of Topliss-reactive ketones (excluding diaryl/α,β-unsaturated/α-hetero) is 1. The van der Waals surface area contributed by atoms with Gasteiger partial charge in [0, 0.05) is 29.4 Å². The fourth-order valence-corrected chi connectivity index (χ4v) is 9.80. The largest absolute Gasteiger partial charge is 0.495 e. The number of carbonyl (C=O) groups is 2. The second-order valence-corrected chi connectivity index (χ2v) is 14.2. The van der Waals surface area contributed by atoms with E-state index in [9.17, 15) is 19.8 Å². The standard InChI is InChI=1S/C37H41F2NO7/c1-34-12-11-23(42)15-26(34)27(38)16-25-24-17-32-37(31(44)19-41,35(24,2)18-30(43)36(25,34)39)47-33(46-32)22-8-5-20(6-9-22)13-21-7-10-28(40-3)29(14-21)45-4/h5-12,14-15,24-25,27,30,32-33,40-41,43H,13,16-19H2,1-4H3/t24-,25-,27-,30-,32+,33-,34-,35-,36-,37+/m0/s1. The number of nitrogens with one attached hydrogen (secondary N) is 1. The Morgan fingerprint density at radius 1 is 1.11 bits per heavy atom. The van der Waals surface area contributed by atoms with Crippen LogP contribution in [0.1, 0.15) is 56.1 Å². The van der Waals surface area contributed by atoms with Crippen molar-refractivity contribution in [2.45, 2.75) is 75.5 Å². The molecular formula is C37H41F2NO7. The second-order valence-electron chi connectivity index (χ2n) is 14.2. The van der Waals surface area contributed by atoms with Gasteiger partial charge in [0.05, 0.1) is 25.0 Å². The lowest BCUT2D eigenvalue weighted by molar-refractivity contribution is -0.235. The molecule has 1 aliphatic heterocycles. The molecule has 10 atom stereocenters. The summed E-state index contributed by atoms with van der Waals surface area (Å²) in [6.45, 7) is 2.49. The molecule has 5 aliphatic rings. The zero-order chi connectivity index (χ0) is 33.5. The van der Waals surface area contributed by atoms with Crippen LogP contribution in [0.2, 0.25) is 0 Å². The number of hydrogen-bond donors (Lipinski definition) is 3. The van der Waals surface area contributed by atoms with Crippen LogP contribution >= 0.6 is 0 Å². The molecule has 2 aromatic rings. The van der Waals surface area contributed by atoms with Crippen molar-refractivity contribution in [1.82, 2.24) is 0 Å². The van der Waals surface area contributed by atoms with Crippen LogP contribution in [0.15, 0.2) is 66.3 Å². The van der Waals surface area contributed by atoms with Crippen LogP contribution in [0.4, 0.5) is 14.5 Å². The highest BCUT2D eigenvalue weighted by molar-refractivity contribution is 6.01. The third kappa shape index (κ3) is 4.30. The number of carbonyl (C=O) groups excluding carboxylic acids is 2. The summed E-state index contributed by atoms with van der Waals surface area (Å²) < 4.78 is 51.9. The molecule has 3 saturated carbocycles. The average molecular weight is 650 g/mol. The number of ketones is 2. The maximum Gasteiger partial charge on any atom is 0.193 e. The summed E-state index contributed by atoms with van der Waals surface area (Å²) in [5.74, 6) is -1.87. The molecular weight excluding hydrogens is 608 g/mol. The Morgan fingerprint density at radius 3 is 2.51 bits per heavy atom. The Kier molecular flexibility index (Phi) is 7.55. The fourth-order valence-electron chi connectivity index (χ4n) is 9.80. The summed E-state index contributed by atoms with van der Waals surface area (Å²) >= 11 is 0. The van der Waals surface area contributed by atoms with Gasteiger partial charge >= 0.3 is 0 Å². The molecule has 250 valence electrons. The first-order valence-electron chi connectivity index (χ1n) is 16.2. The van der Waals surface area contributed by atoms with Gasteiger partial charge in [-0.05, 0) is 79.5 Å². The van der Waals surface area contributed by atoms with Gasteiger partial charge in [0.25, 0.3) is 0 Å². The lowest BCUT2D eigenvalue weighted by Crippen LogP contribution is -2.70. The van der Waals surface area contributed by atoms with E-state index in [1.54, 1.807) is 14.0 Å². The third-order valence-electron chi connectivity index (χ3n) is 12.1. The van der Waals surface area contributed by atoms with E-state index in [0.29, 0.717) is 12.0 Å². The Balaban J connectivity index is 1.18. The van der Waals surface area contributed by atoms with E-state index in [0.717, 1.165) is 28.6 Å². The molecule has 4 aliphatic carbocycles. The van der Waals surface area contributed by atoms with Crippen molar-refractivity contribution in [2.24, 2.45) is 22.7 Å². The van der Waals surface area contributed by atoms with Crippen molar-refractivity contribution in [3.8, 4) is 5.75 Å². The molecule has 1 heterocycles. The van der Waals surface area contributed by atoms with Crippen LogP contribution in [-0.2, 0) is 25.5 Å². The highest BCUT2D eigenvalue weighted by Gasteiger charge is 2.80. The number of allylic oxidation sites excluding steroid dienone is 4. The Morgan fingerprint density at radius 2 is 1.83 bits per heavy atom. The summed E-state index contributed by atoms with van der Waals surface area (Å²) in [5.41, 5.74) is -2.98. The number of anilines is 1. The number of benzene rings is 2. The number of aliphatic hydroxyl groups excluding tert-OH is 2. The molecule has 2 aromatic carbocycles. The molecule has 1 saturated heterocycles. The van der Waals surface area contributed by atoms with E-state index in [2.05, 4.69) is 5.32 Å². The molecule has 10 heteroatoms. The molecule has 3 N–H and O–H groups in total. The van der Waals surface area contributed by atoms with E-state index < -0.39 is 76.8 Å². The maximum absolute atomic E-state index is 17.6. The van der Waals surface area contributed by atoms with Crippen molar-refractivity contribution in [3.63, 3.8) is 0 Å². The number of aliphatic hydroxyl groups is 2. The minimum Gasteiger partial charge on any atom is -0.495 e. The van der Waals surface area contributed by atoms with Gasteiger partial charge in [-0.15, -0.1) is 0 Å². The van der Waals surface area contributed by atoms with Crippen LogP contribution in [0.3, 0.4) is 0 Å². The van der Waals surface area contributed by atoms with E-state index in [-0.39, 0.29) is 24.8 Å². The van der Waals surface area contributed by atoms with Gasteiger partial charge in [-0.2, -0.15) is 0 Å². The minimum absolute atomic E-state index is 0.0378. The minimum atomic E-state index is -2.29. The molecule has 7 rings (SSSR count). The topological polar surface area (TPSA) is 114 Å². The van der Waals surface area contributed by atoms with E-state index in [4.69, 9.17) is 14.2 Å². The summed E-state index contributed by atoms with van der Waals surface area (Å²) in [6, 6.07) is 13.6. The number of hydrogen-bond acceptors (Lipinski definition) is 8. The van der Waals surface area contributed by atoms with Crippen LogP contribution in [0.25, 0.3) is 0 Å². The van der Waals surface area contributed by atoms with Crippen LogP contribution in [0.5, 0.6) is 5.75 Å². The van der Waals surface area contributed by atoms with Crippen molar-refractivity contribution in [3.05, 3.63) is 83.0 Å². The Labute approximate surface area is 272 Å². The Bertz CT molecular complexity index is 1680. The molecule has 4 fully saturated rings. The van der Waals surface area contributed by atoms with E-state index in [1.165, 1.54) is 19.1 Å². The molecule has 0 bridgehead atoms. The van der Waals surface area contributed by atoms with Gasteiger partial charge in [0.1, 0.15) is 18.5 Å². The highest BCUT2D eigenvalue weighted by Crippen LogP contribution is 2.72. The zero-order valence-corrected chi connectivity index (χ0v) is 27.0. The van der Waals surface area contributed by atoms with Crippen LogP contribution < -0.4 is 10.1 Å². The smallest absolute Gasteiger partial charge is 0.193 e. The van der Waals surface area contributed by atoms with Crippen molar-refractivity contribution < 1.29 is 42.8 Å². The first-order valence-corrected chi connectivity index (χ1v) is 16.2. The van der Waals surface area contributed by atoms with Crippen LogP contribution in [-0.4, -0.2) is 72.2 Å². The number of halogens is 2. The molecule has 0 amide bonds. The third-order valence-corrected chi connectivity index (χ3v) is 12.1. The maximum atomic E-state index is 17.6. The second kappa shape index (κ2) is 11.1.